The number of methoxy groups -OCH3 is 2. The maximum Gasteiger partial charge on any atom is 0.412 e. The van der Waals surface area contributed by atoms with Crippen LogP contribution >= 0.6 is 43.5 Å². The van der Waals surface area contributed by atoms with Crippen LogP contribution in [-0.2, 0) is 54.1 Å². The number of urea groups is 1. The first-order valence-corrected chi connectivity index (χ1v) is 30.7. The summed E-state index contributed by atoms with van der Waals surface area (Å²) < 4.78 is 66.8. The summed E-state index contributed by atoms with van der Waals surface area (Å²) in [5, 5.41) is 27.4. The number of amides is 8. The molecule has 3 aliphatic rings. The maximum atomic E-state index is 16.1. The fraction of sp³-hybridized carbons (Fsp3) is 0.586. The summed E-state index contributed by atoms with van der Waals surface area (Å²) in [6.07, 6.45) is -0.819. The number of epoxide rings is 1. The van der Waals surface area contributed by atoms with Crippen LogP contribution in [0.25, 0.3) is 0 Å². The lowest BCUT2D eigenvalue weighted by Crippen LogP contribution is -2.63. The monoisotopic (exact) mass is 1360 g/mol. The van der Waals surface area contributed by atoms with E-state index >= 15 is 8.78 Å². The van der Waals surface area contributed by atoms with Crippen LogP contribution in [0.4, 0.5) is 40.2 Å². The number of nitrogens with zero attached hydrogens (tertiary/aromatic N) is 1. The lowest BCUT2D eigenvalue weighted by molar-refractivity contribution is -0.160. The third-order valence-corrected chi connectivity index (χ3v) is 17.1. The number of anilines is 3. The fourth-order valence-corrected chi connectivity index (χ4v) is 12.0. The van der Waals surface area contributed by atoms with Crippen LogP contribution in [0.3, 0.4) is 0 Å². The molecule has 2 fully saturated rings. The fourth-order valence-electron chi connectivity index (χ4n) is 10.1. The number of primary amides is 1. The van der Waals surface area contributed by atoms with Crippen LogP contribution in [0, 0.1) is 29.4 Å². The smallest absolute Gasteiger partial charge is 0.412 e. The third kappa shape index (κ3) is 19.2. The van der Waals surface area contributed by atoms with Crippen molar-refractivity contribution in [1.82, 2.24) is 21.3 Å². The number of allylic oxidation sites excluding steroid dienone is 3. The van der Waals surface area contributed by atoms with Crippen molar-refractivity contribution in [2.75, 3.05) is 54.0 Å². The van der Waals surface area contributed by atoms with E-state index in [1.54, 1.807) is 71.9 Å². The Morgan fingerprint density at radius 2 is 1.65 bits per heavy atom. The number of carbonyl (C=O) groups excluding carboxylic acids is 8. The average Bonchev–Trinajstić information content (AvgIpc) is 1.59. The number of alkyl halides is 2. The van der Waals surface area contributed by atoms with Gasteiger partial charge in [0.1, 0.15) is 64.0 Å². The Kier molecular flexibility index (Phi) is 25.6. The second kappa shape index (κ2) is 31.2. The maximum absolute atomic E-state index is 16.1. The number of nitrogens with two attached hydrogens (primary N) is 1. The Morgan fingerprint density at radius 3 is 2.27 bits per heavy atom. The zero-order chi connectivity index (χ0) is 64.0. The van der Waals surface area contributed by atoms with Crippen molar-refractivity contribution in [3.63, 3.8) is 0 Å². The highest BCUT2D eigenvalue weighted by Gasteiger charge is 2.64. The van der Waals surface area contributed by atoms with Gasteiger partial charge in [0.25, 0.3) is 0 Å². The van der Waals surface area contributed by atoms with Gasteiger partial charge in [-0.15, -0.1) is 0 Å². The van der Waals surface area contributed by atoms with Crippen molar-refractivity contribution < 1.29 is 80.7 Å². The van der Waals surface area contributed by atoms with E-state index in [1.165, 1.54) is 26.2 Å². The van der Waals surface area contributed by atoms with Crippen LogP contribution in [-0.4, -0.2) is 145 Å². The van der Waals surface area contributed by atoms with E-state index in [-0.39, 0.29) is 60.6 Å². The van der Waals surface area contributed by atoms with E-state index < -0.39 is 137 Å². The lowest BCUT2D eigenvalue weighted by Gasteiger charge is -2.42. The Balaban J connectivity index is 1.34. The first-order chi connectivity index (χ1) is 40.4. The summed E-state index contributed by atoms with van der Waals surface area (Å²) >= 11 is 13.4. The minimum Gasteiger partial charge on any atom is -0.495 e. The van der Waals surface area contributed by atoms with Gasteiger partial charge in [-0.1, -0.05) is 88.0 Å². The van der Waals surface area contributed by atoms with Crippen molar-refractivity contribution in [1.29, 1.82) is 0 Å². The average molecular weight is 1360 g/mol. The summed E-state index contributed by atoms with van der Waals surface area (Å²) in [5.41, 5.74) is 1.26. The number of hydrogen-bond acceptors (Lipinski definition) is 15. The number of aliphatic hydroxyl groups is 1. The van der Waals surface area contributed by atoms with Crippen molar-refractivity contribution in [2.24, 2.45) is 23.5 Å². The van der Waals surface area contributed by atoms with E-state index in [1.807, 2.05) is 6.92 Å². The Hall–Kier alpha value is -6.13. The molecule has 28 heteroatoms. The minimum atomic E-state index is -1.97. The molecule has 0 unspecified atom stereocenters. The minimum absolute atomic E-state index is 0.0209. The number of rotatable bonds is 23. The molecule has 3 heterocycles. The molecule has 0 spiro atoms. The molecule has 2 saturated heterocycles. The number of ether oxygens (including phenoxy) is 6. The third-order valence-electron chi connectivity index (χ3n) is 15.1. The molecule has 0 aromatic heterocycles. The van der Waals surface area contributed by atoms with Gasteiger partial charge in [0.15, 0.2) is 5.72 Å². The zero-order valence-electron chi connectivity index (χ0n) is 49.8. The molecule has 2 aromatic carbocycles. The number of benzene rings is 2. The highest BCUT2D eigenvalue weighted by atomic mass is 79.9. The molecule has 8 amide bonds. The first-order valence-electron chi connectivity index (χ1n) is 28.0. The van der Waals surface area contributed by atoms with Crippen LogP contribution in [0.1, 0.15) is 105 Å². The second-order valence-electron chi connectivity index (χ2n) is 22.8. The van der Waals surface area contributed by atoms with Crippen LogP contribution < -0.4 is 47.3 Å². The summed E-state index contributed by atoms with van der Waals surface area (Å²) in [6, 6.07) is 1.10. The quantitative estimate of drug-likeness (QED) is 0.0172. The summed E-state index contributed by atoms with van der Waals surface area (Å²) in [7, 11) is 4.23. The summed E-state index contributed by atoms with van der Waals surface area (Å²) in [6.45, 7) is 11.9. The van der Waals surface area contributed by atoms with Gasteiger partial charge in [-0.2, -0.15) is 0 Å². The first kappa shape index (κ1) is 70.6. The van der Waals surface area contributed by atoms with Crippen molar-refractivity contribution in [3.8, 4) is 5.75 Å². The van der Waals surface area contributed by atoms with Crippen molar-refractivity contribution in [2.45, 2.75) is 160 Å². The molecule has 3 aliphatic heterocycles. The number of alkyl carbamates (subject to hydrolysis) is 1. The standard InChI is InChI=1S/C58H79Br2ClF2N8O15/c1-30(2)48(69-45(72)18-11-12-19-56(5,6)86-52(76)34(28-59)29-60)51(75)66-37(16-14-20-65-53(64)77)50(74)67-38-24-36(63)39(25-35(38)62)68-54(78)84-44-26-46(73)71(8)40-22-33(23-41(81-9)47(40)61)21-31(3)15-13-17-43(82-10)58(80)27-42(83-55(79)70-58)32(4)49-57(44,7)85-49/h13,15,17,22-25,30,32,34,37,42-44,48-49,80H,11-12,14,16,18-21,26-29H2,1-10H3,(H,66,75)(H,67,74)(H,68,78)(H,69,72)(H,70,79)(H3,64,65,77)/b17-13+,31-15+/t32-,37+,42+,43-,44+,48+,49+,57+,58+/m1/s1. The number of halogens is 5. The Bertz CT molecular complexity index is 2880. The molecular formula is C58H79Br2ClF2N8O15. The predicted octanol–water partition coefficient (Wildman–Crippen LogP) is 7.95. The molecule has 0 aliphatic carbocycles. The topological polar surface area (TPSA) is 317 Å². The van der Waals surface area contributed by atoms with Crippen LogP contribution in [0.15, 0.2) is 48.1 Å². The number of nitrogens with one attached hydrogen (secondary N) is 6. The molecule has 86 heavy (non-hydrogen) atoms. The number of unbranched alkanes of at least 4 members (excludes halogenated alkanes) is 1. The predicted molar refractivity (Wildman–Crippen MR) is 323 cm³/mol. The number of fused-ring (bicyclic) bond motifs is 5. The molecule has 5 rings (SSSR count). The van der Waals surface area contributed by atoms with Crippen molar-refractivity contribution in [3.05, 3.63) is 70.3 Å². The van der Waals surface area contributed by atoms with Gasteiger partial charge in [-0.3, -0.25) is 34.6 Å². The van der Waals surface area contributed by atoms with Crippen LogP contribution in [0.5, 0.6) is 5.75 Å². The molecule has 9 atom stereocenters. The lowest BCUT2D eigenvalue weighted by atomic mass is 9.83. The van der Waals surface area contributed by atoms with Gasteiger partial charge >= 0.3 is 24.2 Å². The molecule has 4 bridgehead atoms. The zero-order valence-corrected chi connectivity index (χ0v) is 53.7. The SMILES string of the molecule is COc1cc2cc(c1Cl)N(C)C(=O)C[C@H](OC(=O)Nc1cc(F)c(NC(=O)[C@H](CCCNC(N)=O)NC(=O)[C@@H](NC(=O)CCCCC(C)(C)OC(=O)C(CBr)CBr)C(C)C)cc1F)[C@]1(C)O[C@H]1[C@H](C)[C@@H]1C[C@@](O)(NC(=O)O1)[C@H](OC)/C=C/C=C(\C)C2. The number of esters is 1. The molecule has 23 nitrogen and oxygen atoms in total. The van der Waals surface area contributed by atoms with Gasteiger partial charge < -0.3 is 65.4 Å². The molecule has 0 saturated carbocycles. The van der Waals surface area contributed by atoms with Gasteiger partial charge in [0.05, 0.1) is 42.6 Å². The molecule has 476 valence electrons. The second-order valence-corrected chi connectivity index (χ2v) is 24.5. The van der Waals surface area contributed by atoms with E-state index in [0.717, 1.165) is 5.57 Å². The Labute approximate surface area is 520 Å². The number of hydrogen-bond donors (Lipinski definition) is 8. The van der Waals surface area contributed by atoms with Gasteiger partial charge in [-0.05, 0) is 89.8 Å². The van der Waals surface area contributed by atoms with Crippen molar-refractivity contribution >= 4 is 108 Å². The number of carbonyl (C=O) groups is 8. The van der Waals surface area contributed by atoms with Crippen LogP contribution in [0.2, 0.25) is 5.02 Å². The van der Waals surface area contributed by atoms with E-state index in [4.69, 9.17) is 45.8 Å². The summed E-state index contributed by atoms with van der Waals surface area (Å²) in [5.74, 6) is -7.08. The Morgan fingerprint density at radius 1 is 0.988 bits per heavy atom. The van der Waals surface area contributed by atoms with E-state index in [2.05, 4.69) is 63.8 Å². The highest BCUT2D eigenvalue weighted by Crippen LogP contribution is 2.49. The molecule has 9 N–H and O–H groups in total. The highest BCUT2D eigenvalue weighted by molar-refractivity contribution is 9.09. The molecular weight excluding hydrogens is 1280 g/mol. The van der Waals surface area contributed by atoms with E-state index in [0.29, 0.717) is 54.0 Å². The molecule has 2 aromatic rings. The largest absolute Gasteiger partial charge is 0.495 e. The summed E-state index contributed by atoms with van der Waals surface area (Å²) in [4.78, 5) is 107. The van der Waals surface area contributed by atoms with Gasteiger partial charge in [0, 0.05) is 62.3 Å². The van der Waals surface area contributed by atoms with Gasteiger partial charge in [0.2, 0.25) is 23.6 Å². The van der Waals surface area contributed by atoms with Gasteiger partial charge in [-0.25, -0.2) is 23.2 Å². The normalized spacial score (nSPS) is 24.1. The van der Waals surface area contributed by atoms with E-state index in [9.17, 15) is 43.5 Å². The molecule has 0 radical (unpaired) electrons.